The largest absolute Gasteiger partial charge is 0.300 e. The number of aryl methyl sites for hydroxylation is 2. The number of rotatable bonds is 14. The average Bonchev–Trinajstić information content (AvgIpc) is 2.76. The molecule has 0 aromatic heterocycles. The lowest BCUT2D eigenvalue weighted by Crippen LogP contribution is -2.30. The Bertz CT molecular complexity index is 950. The van der Waals surface area contributed by atoms with Crippen molar-refractivity contribution in [2.75, 3.05) is 0 Å². The third-order valence-corrected chi connectivity index (χ3v) is 7.83. The monoisotopic (exact) mass is 496 g/mol. The van der Waals surface area contributed by atoms with E-state index in [0.717, 1.165) is 60.8 Å². The number of carbonyl (C=O) groups excluding carboxylic acids is 4. The minimum Gasteiger partial charge on any atom is -0.300 e. The summed E-state index contributed by atoms with van der Waals surface area (Å²) in [5, 5.41) is 0. The van der Waals surface area contributed by atoms with Gasteiger partial charge in [0.15, 0.2) is 5.78 Å². The van der Waals surface area contributed by atoms with Crippen molar-refractivity contribution in [2.45, 2.75) is 119 Å². The van der Waals surface area contributed by atoms with Crippen molar-refractivity contribution in [1.29, 1.82) is 0 Å². The number of hydrogen-bond acceptors (Lipinski definition) is 4. The van der Waals surface area contributed by atoms with Crippen LogP contribution in [0.3, 0.4) is 0 Å². The first-order valence-corrected chi connectivity index (χ1v) is 14.0. The quantitative estimate of drug-likeness (QED) is 0.251. The second-order valence-corrected chi connectivity index (χ2v) is 12.3. The highest BCUT2D eigenvalue weighted by Gasteiger charge is 2.33. The molecule has 0 saturated carbocycles. The molecular formula is C32H48O4. The number of ketones is 4. The lowest BCUT2D eigenvalue weighted by atomic mass is 9.71. The summed E-state index contributed by atoms with van der Waals surface area (Å²) in [4.78, 5) is 50.3. The van der Waals surface area contributed by atoms with Crippen LogP contribution in [0.2, 0.25) is 0 Å². The molecule has 0 N–H and O–H groups in total. The molecular weight excluding hydrogens is 448 g/mol. The summed E-state index contributed by atoms with van der Waals surface area (Å²) in [5.74, 6) is 0.719. The van der Waals surface area contributed by atoms with Crippen LogP contribution in [0.15, 0.2) is 12.1 Å². The van der Waals surface area contributed by atoms with E-state index in [0.29, 0.717) is 25.7 Å². The molecule has 0 aliphatic heterocycles. The summed E-state index contributed by atoms with van der Waals surface area (Å²) in [7, 11) is 0. The van der Waals surface area contributed by atoms with Crippen molar-refractivity contribution in [2.24, 2.45) is 23.2 Å². The Hall–Kier alpha value is -2.10. The van der Waals surface area contributed by atoms with Crippen molar-refractivity contribution in [3.63, 3.8) is 0 Å². The molecule has 1 aromatic carbocycles. The van der Waals surface area contributed by atoms with Gasteiger partial charge >= 0.3 is 0 Å². The lowest BCUT2D eigenvalue weighted by molar-refractivity contribution is -0.130. The fourth-order valence-corrected chi connectivity index (χ4v) is 5.95. The zero-order chi connectivity index (χ0) is 27.0. The summed E-state index contributed by atoms with van der Waals surface area (Å²) < 4.78 is 0. The Morgan fingerprint density at radius 2 is 1.75 bits per heavy atom. The van der Waals surface area contributed by atoms with Gasteiger partial charge in [0.2, 0.25) is 0 Å². The summed E-state index contributed by atoms with van der Waals surface area (Å²) in [5.41, 5.74) is 4.28. The molecule has 4 nitrogen and oxygen atoms in total. The highest BCUT2D eigenvalue weighted by molar-refractivity contribution is 6.00. The van der Waals surface area contributed by atoms with E-state index in [9.17, 15) is 19.2 Å². The van der Waals surface area contributed by atoms with Crippen molar-refractivity contribution < 1.29 is 19.2 Å². The molecule has 0 fully saturated rings. The highest BCUT2D eigenvalue weighted by Crippen LogP contribution is 2.38. The SMILES string of the molecule is CCCC(CC1CC(=O)c2c(C)ccc(CCC(=O)CCC(C)(C)C)c2C1)C(CC)C(=O)CC(C)=O. The minimum absolute atomic E-state index is 0.0116. The number of Topliss-reactive ketones (excluding diaryl/α,β-unsaturated/α-hetero) is 4. The zero-order valence-electron chi connectivity index (χ0n) is 23.8. The van der Waals surface area contributed by atoms with E-state index in [-0.39, 0.29) is 52.7 Å². The first-order valence-electron chi connectivity index (χ1n) is 14.0. The second kappa shape index (κ2) is 13.4. The molecule has 2 rings (SSSR count). The topological polar surface area (TPSA) is 68.3 Å². The zero-order valence-corrected chi connectivity index (χ0v) is 23.8. The number of fused-ring (bicyclic) bond motifs is 1. The van der Waals surface area contributed by atoms with E-state index in [1.54, 1.807) is 0 Å². The van der Waals surface area contributed by atoms with Crippen LogP contribution >= 0.6 is 0 Å². The van der Waals surface area contributed by atoms with Gasteiger partial charge in [-0.05, 0) is 79.9 Å². The van der Waals surface area contributed by atoms with Gasteiger partial charge in [-0.1, -0.05) is 59.6 Å². The fraction of sp³-hybridized carbons (Fsp3) is 0.688. The van der Waals surface area contributed by atoms with Crippen LogP contribution < -0.4 is 0 Å². The maximum Gasteiger partial charge on any atom is 0.163 e. The van der Waals surface area contributed by atoms with E-state index in [4.69, 9.17) is 0 Å². The summed E-state index contributed by atoms with van der Waals surface area (Å²) in [6, 6.07) is 4.13. The molecule has 0 saturated heterocycles. The molecule has 200 valence electrons. The van der Waals surface area contributed by atoms with Gasteiger partial charge in [0.25, 0.3) is 0 Å². The van der Waals surface area contributed by atoms with Gasteiger partial charge in [-0.15, -0.1) is 0 Å². The summed E-state index contributed by atoms with van der Waals surface area (Å²) >= 11 is 0. The Morgan fingerprint density at radius 3 is 2.33 bits per heavy atom. The van der Waals surface area contributed by atoms with E-state index in [1.165, 1.54) is 6.92 Å². The Kier molecular flexibility index (Phi) is 11.3. The van der Waals surface area contributed by atoms with Crippen LogP contribution in [0.5, 0.6) is 0 Å². The van der Waals surface area contributed by atoms with Gasteiger partial charge < -0.3 is 0 Å². The molecule has 1 aliphatic rings. The molecule has 4 heteroatoms. The molecule has 1 aromatic rings. The van der Waals surface area contributed by atoms with Gasteiger partial charge in [0, 0.05) is 30.7 Å². The van der Waals surface area contributed by atoms with Gasteiger partial charge in [-0.3, -0.25) is 19.2 Å². The van der Waals surface area contributed by atoms with Gasteiger partial charge in [0.1, 0.15) is 17.3 Å². The van der Waals surface area contributed by atoms with Gasteiger partial charge in [-0.2, -0.15) is 0 Å². The Morgan fingerprint density at radius 1 is 1.06 bits per heavy atom. The van der Waals surface area contributed by atoms with Gasteiger partial charge in [-0.25, -0.2) is 0 Å². The van der Waals surface area contributed by atoms with Gasteiger partial charge in [0.05, 0.1) is 6.42 Å². The number of hydrogen-bond donors (Lipinski definition) is 0. The smallest absolute Gasteiger partial charge is 0.163 e. The van der Waals surface area contributed by atoms with Crippen LogP contribution in [0.4, 0.5) is 0 Å². The maximum absolute atomic E-state index is 13.3. The van der Waals surface area contributed by atoms with Crippen molar-refractivity contribution >= 4 is 23.1 Å². The molecule has 3 atom stereocenters. The third-order valence-electron chi connectivity index (χ3n) is 7.83. The first kappa shape index (κ1) is 30.1. The van der Waals surface area contributed by atoms with Crippen LogP contribution in [-0.2, 0) is 27.2 Å². The number of carbonyl (C=O) groups is 4. The summed E-state index contributed by atoms with van der Waals surface area (Å²) in [6.45, 7) is 14.1. The van der Waals surface area contributed by atoms with Crippen LogP contribution in [-0.4, -0.2) is 23.1 Å². The van der Waals surface area contributed by atoms with E-state index < -0.39 is 0 Å². The molecule has 0 heterocycles. The highest BCUT2D eigenvalue weighted by atomic mass is 16.1. The predicted octanol–water partition coefficient (Wildman–Crippen LogP) is 7.45. The third kappa shape index (κ3) is 8.78. The fourth-order valence-electron chi connectivity index (χ4n) is 5.95. The second-order valence-electron chi connectivity index (χ2n) is 12.3. The molecule has 0 bridgehead atoms. The van der Waals surface area contributed by atoms with Crippen molar-refractivity contribution in [3.8, 4) is 0 Å². The molecule has 0 radical (unpaired) electrons. The number of benzene rings is 1. The Labute approximate surface area is 219 Å². The normalized spacial score (nSPS) is 17.4. The predicted molar refractivity (Wildman–Crippen MR) is 146 cm³/mol. The van der Waals surface area contributed by atoms with Crippen LogP contribution in [0.1, 0.15) is 126 Å². The molecule has 0 amide bonds. The van der Waals surface area contributed by atoms with E-state index >= 15 is 0 Å². The maximum atomic E-state index is 13.3. The van der Waals surface area contributed by atoms with Crippen LogP contribution in [0.25, 0.3) is 0 Å². The van der Waals surface area contributed by atoms with Crippen LogP contribution in [0, 0.1) is 30.1 Å². The first-order chi connectivity index (χ1) is 16.9. The summed E-state index contributed by atoms with van der Waals surface area (Å²) in [6.07, 6.45) is 7.51. The molecule has 0 spiro atoms. The van der Waals surface area contributed by atoms with E-state index in [1.807, 2.05) is 19.9 Å². The van der Waals surface area contributed by atoms with Crippen molar-refractivity contribution in [1.82, 2.24) is 0 Å². The minimum atomic E-state index is -0.122. The van der Waals surface area contributed by atoms with Crippen molar-refractivity contribution in [3.05, 3.63) is 34.4 Å². The average molecular weight is 497 g/mol. The Balaban J connectivity index is 2.21. The lowest BCUT2D eigenvalue weighted by Gasteiger charge is -2.32. The molecule has 3 unspecified atom stereocenters. The standard InChI is InChI=1S/C32H48O4/c1-8-10-25(27(9-2)29(35)17-22(4)33)18-23-19-28-24(12-11-21(3)31(28)30(36)20-23)13-14-26(34)15-16-32(5,6)7/h11-12,23,25,27H,8-10,13-20H2,1-7H3. The van der Waals surface area contributed by atoms with E-state index in [2.05, 4.69) is 33.8 Å². The molecule has 36 heavy (non-hydrogen) atoms. The molecule has 1 aliphatic carbocycles.